The summed E-state index contributed by atoms with van der Waals surface area (Å²) in [5.74, 6) is 0. The van der Waals surface area contributed by atoms with Crippen molar-refractivity contribution in [3.05, 3.63) is 12.2 Å². The molecule has 2 atom stereocenters. The number of aliphatic hydroxyl groups excluding tert-OH is 1. The fourth-order valence-electron chi connectivity index (χ4n) is 2.34. The van der Waals surface area contributed by atoms with Crippen LogP contribution < -0.4 is 0 Å². The fraction of sp³-hybridized carbons (Fsp3) is 0.818. The molecule has 0 radical (unpaired) electrons. The molecule has 1 aliphatic carbocycles. The number of nitrogens with zero attached hydrogens (tertiary/aromatic N) is 1. The minimum atomic E-state index is -0.180. The summed E-state index contributed by atoms with van der Waals surface area (Å²) >= 11 is 0. The molecule has 13 heavy (non-hydrogen) atoms. The second-order valence-corrected chi connectivity index (χ2v) is 4.19. The van der Waals surface area contributed by atoms with Gasteiger partial charge in [-0.2, -0.15) is 0 Å². The molecule has 1 fully saturated rings. The van der Waals surface area contributed by atoms with Gasteiger partial charge < -0.3 is 5.11 Å². The van der Waals surface area contributed by atoms with Gasteiger partial charge in [0.25, 0.3) is 0 Å². The van der Waals surface area contributed by atoms with Gasteiger partial charge in [0.05, 0.1) is 6.10 Å². The monoisotopic (exact) mass is 181 g/mol. The molecule has 2 heteroatoms. The van der Waals surface area contributed by atoms with Crippen LogP contribution in [0.1, 0.15) is 32.1 Å². The van der Waals surface area contributed by atoms with Gasteiger partial charge in [0.1, 0.15) is 0 Å². The van der Waals surface area contributed by atoms with Gasteiger partial charge in [-0.3, -0.25) is 4.90 Å². The third-order valence-electron chi connectivity index (χ3n) is 3.17. The molecule has 1 aliphatic heterocycles. The van der Waals surface area contributed by atoms with E-state index in [0.29, 0.717) is 6.04 Å². The number of likely N-dealkylation sites (tertiary alicyclic amines) is 1. The molecule has 0 bridgehead atoms. The van der Waals surface area contributed by atoms with Crippen LogP contribution in [0.4, 0.5) is 0 Å². The molecule has 0 aromatic rings. The first-order valence-corrected chi connectivity index (χ1v) is 5.47. The van der Waals surface area contributed by atoms with Crippen molar-refractivity contribution >= 4 is 0 Å². The lowest BCUT2D eigenvalue weighted by Gasteiger charge is -2.34. The van der Waals surface area contributed by atoms with E-state index in [1.807, 2.05) is 6.08 Å². The highest BCUT2D eigenvalue weighted by atomic mass is 16.3. The lowest BCUT2D eigenvalue weighted by atomic mass is 9.97. The Morgan fingerprint density at radius 1 is 1.00 bits per heavy atom. The molecule has 0 saturated carbocycles. The van der Waals surface area contributed by atoms with E-state index < -0.39 is 0 Å². The molecular formula is C11H19NO. The summed E-state index contributed by atoms with van der Waals surface area (Å²) in [6, 6.07) is 0.615. The van der Waals surface area contributed by atoms with Crippen LogP contribution >= 0.6 is 0 Å². The summed E-state index contributed by atoms with van der Waals surface area (Å²) in [4.78, 5) is 2.56. The molecule has 0 spiro atoms. The van der Waals surface area contributed by atoms with Crippen molar-refractivity contribution in [1.29, 1.82) is 0 Å². The van der Waals surface area contributed by atoms with E-state index in [2.05, 4.69) is 11.0 Å². The number of hydrogen-bond acceptors (Lipinski definition) is 2. The zero-order valence-electron chi connectivity index (χ0n) is 8.15. The van der Waals surface area contributed by atoms with Crippen LogP contribution in [-0.2, 0) is 0 Å². The van der Waals surface area contributed by atoms with Crippen molar-refractivity contribution < 1.29 is 5.11 Å². The summed E-state index contributed by atoms with van der Waals surface area (Å²) in [5, 5.41) is 9.32. The van der Waals surface area contributed by atoms with Gasteiger partial charge in [-0.15, -0.1) is 0 Å². The van der Waals surface area contributed by atoms with Crippen LogP contribution in [0.2, 0.25) is 0 Å². The molecule has 0 aromatic carbocycles. The van der Waals surface area contributed by atoms with Crippen molar-refractivity contribution in [3.63, 3.8) is 0 Å². The average Bonchev–Trinajstić information content (AvgIpc) is 2.20. The first-order valence-electron chi connectivity index (χ1n) is 5.47. The highest BCUT2D eigenvalue weighted by Gasteiger charge is 2.21. The molecule has 2 rings (SSSR count). The Balaban J connectivity index is 1.89. The van der Waals surface area contributed by atoms with Crippen molar-refractivity contribution in [1.82, 2.24) is 4.90 Å². The largest absolute Gasteiger partial charge is 0.389 e. The first kappa shape index (κ1) is 9.22. The molecule has 2 unspecified atom stereocenters. The van der Waals surface area contributed by atoms with Crippen molar-refractivity contribution in [2.75, 3.05) is 13.1 Å². The van der Waals surface area contributed by atoms with E-state index >= 15 is 0 Å². The van der Waals surface area contributed by atoms with Crippen LogP contribution in [0.5, 0.6) is 0 Å². The molecule has 0 aromatic heterocycles. The highest BCUT2D eigenvalue weighted by Crippen LogP contribution is 2.20. The molecule has 1 saturated heterocycles. The van der Waals surface area contributed by atoms with Gasteiger partial charge >= 0.3 is 0 Å². The number of aliphatic hydroxyl groups is 1. The average molecular weight is 181 g/mol. The molecular weight excluding hydrogens is 162 g/mol. The minimum Gasteiger partial charge on any atom is -0.389 e. The molecule has 1 heterocycles. The van der Waals surface area contributed by atoms with Gasteiger partial charge in [0.2, 0.25) is 0 Å². The summed E-state index contributed by atoms with van der Waals surface area (Å²) in [6.45, 7) is 2.51. The maximum atomic E-state index is 9.32. The quantitative estimate of drug-likeness (QED) is 0.620. The van der Waals surface area contributed by atoms with Crippen LogP contribution in [0.3, 0.4) is 0 Å². The first-order chi connectivity index (χ1) is 6.36. The third kappa shape index (κ3) is 2.32. The topological polar surface area (TPSA) is 23.5 Å². The van der Waals surface area contributed by atoms with Crippen LogP contribution in [0.15, 0.2) is 12.2 Å². The summed E-state index contributed by atoms with van der Waals surface area (Å²) < 4.78 is 0. The Morgan fingerprint density at radius 2 is 1.77 bits per heavy atom. The molecule has 0 amide bonds. The Hall–Kier alpha value is -0.340. The van der Waals surface area contributed by atoms with Crippen molar-refractivity contribution in [3.8, 4) is 0 Å². The summed E-state index contributed by atoms with van der Waals surface area (Å²) in [7, 11) is 0. The zero-order chi connectivity index (χ0) is 9.10. The van der Waals surface area contributed by atoms with E-state index in [1.54, 1.807) is 0 Å². The third-order valence-corrected chi connectivity index (χ3v) is 3.17. The minimum absolute atomic E-state index is 0.180. The molecule has 2 nitrogen and oxygen atoms in total. The normalized spacial score (nSPS) is 36.4. The van der Waals surface area contributed by atoms with Gasteiger partial charge in [0.15, 0.2) is 0 Å². The summed E-state index contributed by atoms with van der Waals surface area (Å²) in [6.07, 6.45) is 10.2. The van der Waals surface area contributed by atoms with E-state index in [4.69, 9.17) is 0 Å². The smallest absolute Gasteiger partial charge is 0.0722 e. The molecule has 1 N–H and O–H groups in total. The fourth-order valence-corrected chi connectivity index (χ4v) is 2.34. The maximum absolute atomic E-state index is 9.32. The number of piperidine rings is 1. The molecule has 2 aliphatic rings. The second-order valence-electron chi connectivity index (χ2n) is 4.19. The van der Waals surface area contributed by atoms with E-state index in [9.17, 15) is 5.11 Å². The van der Waals surface area contributed by atoms with Crippen LogP contribution in [0, 0.1) is 0 Å². The van der Waals surface area contributed by atoms with Crippen molar-refractivity contribution in [2.24, 2.45) is 0 Å². The Kier molecular flexibility index (Phi) is 3.01. The SMILES string of the molecule is OC1C=CC(N2CCCCC2)CC1. The lowest BCUT2D eigenvalue weighted by molar-refractivity contribution is 0.143. The van der Waals surface area contributed by atoms with E-state index in [1.165, 1.54) is 32.4 Å². The lowest BCUT2D eigenvalue weighted by Crippen LogP contribution is -2.39. The van der Waals surface area contributed by atoms with Gasteiger partial charge in [0, 0.05) is 6.04 Å². The van der Waals surface area contributed by atoms with Crippen LogP contribution in [0.25, 0.3) is 0 Å². The predicted molar refractivity (Wildman–Crippen MR) is 53.6 cm³/mol. The highest BCUT2D eigenvalue weighted by molar-refractivity contribution is 5.03. The van der Waals surface area contributed by atoms with E-state index in [-0.39, 0.29) is 6.10 Å². The Labute approximate surface area is 80.2 Å². The van der Waals surface area contributed by atoms with Crippen molar-refractivity contribution in [2.45, 2.75) is 44.2 Å². The zero-order valence-corrected chi connectivity index (χ0v) is 8.15. The molecule has 74 valence electrons. The predicted octanol–water partition coefficient (Wildman–Crippen LogP) is 1.55. The van der Waals surface area contributed by atoms with Crippen LogP contribution in [-0.4, -0.2) is 35.2 Å². The van der Waals surface area contributed by atoms with Gasteiger partial charge in [-0.1, -0.05) is 18.6 Å². The number of hydrogen-bond donors (Lipinski definition) is 1. The Bertz CT molecular complexity index is 185. The van der Waals surface area contributed by atoms with Gasteiger partial charge in [-0.05, 0) is 38.8 Å². The number of rotatable bonds is 1. The second kappa shape index (κ2) is 4.25. The maximum Gasteiger partial charge on any atom is 0.0722 e. The van der Waals surface area contributed by atoms with E-state index in [0.717, 1.165) is 12.8 Å². The standard InChI is InChI=1S/C11H19NO/c13-11-6-4-10(5-7-11)12-8-2-1-3-9-12/h4,6,10-11,13H,1-3,5,7-9H2. The Morgan fingerprint density at radius 3 is 2.38 bits per heavy atom. The van der Waals surface area contributed by atoms with Gasteiger partial charge in [-0.25, -0.2) is 0 Å². The summed E-state index contributed by atoms with van der Waals surface area (Å²) in [5.41, 5.74) is 0.